The van der Waals surface area contributed by atoms with E-state index in [4.69, 9.17) is 0 Å². The van der Waals surface area contributed by atoms with Gasteiger partial charge >= 0.3 is 0 Å². The van der Waals surface area contributed by atoms with Gasteiger partial charge < -0.3 is 5.43 Å². The van der Waals surface area contributed by atoms with Crippen molar-refractivity contribution in [2.75, 3.05) is 0 Å². The SMILES string of the molecule is CC(C)(C)c1ccc([C@@H]2CC(c3ccc(-c4ccccc4)cc3)=NN2)cc1. The summed E-state index contributed by atoms with van der Waals surface area (Å²) in [5.74, 6) is 0. The van der Waals surface area contributed by atoms with Crippen LogP contribution in [-0.4, -0.2) is 5.71 Å². The molecule has 0 spiro atoms. The third kappa shape index (κ3) is 3.80. The molecule has 3 aromatic rings. The number of rotatable bonds is 3. The average molecular weight is 354 g/mol. The molecule has 1 aliphatic heterocycles. The fourth-order valence-corrected chi connectivity index (χ4v) is 3.52. The molecule has 2 heteroatoms. The summed E-state index contributed by atoms with van der Waals surface area (Å²) in [5, 5.41) is 4.60. The Morgan fingerprint density at radius 3 is 1.96 bits per heavy atom. The van der Waals surface area contributed by atoms with Gasteiger partial charge in [-0.15, -0.1) is 0 Å². The van der Waals surface area contributed by atoms with Gasteiger partial charge in [0.2, 0.25) is 0 Å². The summed E-state index contributed by atoms with van der Waals surface area (Å²) in [7, 11) is 0. The smallest absolute Gasteiger partial charge is 0.0745 e. The molecule has 0 aromatic heterocycles. The summed E-state index contributed by atoms with van der Waals surface area (Å²) < 4.78 is 0. The Morgan fingerprint density at radius 2 is 1.33 bits per heavy atom. The van der Waals surface area contributed by atoms with Gasteiger partial charge in [0.15, 0.2) is 0 Å². The second kappa shape index (κ2) is 7.03. The average Bonchev–Trinajstić information content (AvgIpc) is 3.18. The first-order chi connectivity index (χ1) is 13.0. The Hall–Kier alpha value is -2.87. The van der Waals surface area contributed by atoms with E-state index in [2.05, 4.69) is 104 Å². The number of hydrazone groups is 1. The topological polar surface area (TPSA) is 24.4 Å². The molecule has 1 aliphatic rings. The van der Waals surface area contributed by atoms with Crippen LogP contribution in [0, 0.1) is 0 Å². The van der Waals surface area contributed by atoms with Gasteiger partial charge in [-0.2, -0.15) is 5.10 Å². The highest BCUT2D eigenvalue weighted by molar-refractivity contribution is 6.02. The number of nitrogens with zero attached hydrogens (tertiary/aromatic N) is 1. The molecule has 0 fully saturated rings. The van der Waals surface area contributed by atoms with E-state index >= 15 is 0 Å². The lowest BCUT2D eigenvalue weighted by molar-refractivity contribution is 0.586. The summed E-state index contributed by atoms with van der Waals surface area (Å²) in [6, 6.07) is 28.4. The van der Waals surface area contributed by atoms with Crippen molar-refractivity contribution in [3.8, 4) is 11.1 Å². The van der Waals surface area contributed by atoms with Gasteiger partial charge in [-0.3, -0.25) is 0 Å². The summed E-state index contributed by atoms with van der Waals surface area (Å²) in [4.78, 5) is 0. The van der Waals surface area contributed by atoms with E-state index < -0.39 is 0 Å². The molecule has 0 unspecified atom stereocenters. The lowest BCUT2D eigenvalue weighted by Crippen LogP contribution is -2.13. The fraction of sp³-hybridized carbons (Fsp3) is 0.240. The van der Waals surface area contributed by atoms with Crippen LogP contribution in [-0.2, 0) is 5.41 Å². The number of hydrogen-bond donors (Lipinski definition) is 1. The summed E-state index contributed by atoms with van der Waals surface area (Å²) >= 11 is 0. The standard InChI is InChI=1S/C25H26N2/c1-25(2,3)22-15-13-21(14-16-22)24-17-23(26-27-24)20-11-9-19(10-12-20)18-7-5-4-6-8-18/h4-16,24,27H,17H2,1-3H3/t24-/m0/s1. The van der Waals surface area contributed by atoms with Gasteiger partial charge in [0.05, 0.1) is 11.8 Å². The second-order valence-electron chi connectivity index (χ2n) is 8.26. The minimum Gasteiger partial charge on any atom is -0.302 e. The summed E-state index contributed by atoms with van der Waals surface area (Å²) in [6.45, 7) is 6.74. The Labute approximate surface area is 162 Å². The van der Waals surface area contributed by atoms with Crippen LogP contribution in [0.25, 0.3) is 11.1 Å². The molecule has 136 valence electrons. The molecule has 3 aromatic carbocycles. The number of nitrogens with one attached hydrogen (secondary N) is 1. The molecule has 1 atom stereocenters. The Morgan fingerprint density at radius 1 is 0.741 bits per heavy atom. The van der Waals surface area contributed by atoms with Crippen LogP contribution < -0.4 is 5.43 Å². The van der Waals surface area contributed by atoms with Crippen LogP contribution >= 0.6 is 0 Å². The van der Waals surface area contributed by atoms with Gasteiger partial charge in [-0.25, -0.2) is 0 Å². The van der Waals surface area contributed by atoms with Crippen molar-refractivity contribution < 1.29 is 0 Å². The van der Waals surface area contributed by atoms with E-state index in [0.717, 1.165) is 12.1 Å². The van der Waals surface area contributed by atoms with Crippen molar-refractivity contribution in [2.45, 2.75) is 38.6 Å². The van der Waals surface area contributed by atoms with Crippen LogP contribution in [0.15, 0.2) is 84.0 Å². The van der Waals surface area contributed by atoms with Gasteiger partial charge in [0.1, 0.15) is 0 Å². The van der Waals surface area contributed by atoms with Crippen molar-refractivity contribution in [1.82, 2.24) is 5.43 Å². The van der Waals surface area contributed by atoms with Crippen molar-refractivity contribution >= 4 is 5.71 Å². The molecule has 27 heavy (non-hydrogen) atoms. The van der Waals surface area contributed by atoms with Crippen molar-refractivity contribution in [2.24, 2.45) is 5.10 Å². The first-order valence-corrected chi connectivity index (χ1v) is 9.59. The zero-order valence-corrected chi connectivity index (χ0v) is 16.2. The Bertz CT molecular complexity index is 930. The lowest BCUT2D eigenvalue weighted by Gasteiger charge is -2.20. The minimum absolute atomic E-state index is 0.184. The van der Waals surface area contributed by atoms with E-state index in [1.165, 1.54) is 27.8 Å². The lowest BCUT2D eigenvalue weighted by atomic mass is 9.86. The first-order valence-electron chi connectivity index (χ1n) is 9.59. The highest BCUT2D eigenvalue weighted by atomic mass is 15.3. The molecule has 0 bridgehead atoms. The normalized spacial score (nSPS) is 16.7. The summed E-state index contributed by atoms with van der Waals surface area (Å²) in [5.41, 5.74) is 10.9. The van der Waals surface area contributed by atoms with Crippen LogP contribution in [0.1, 0.15) is 49.9 Å². The third-order valence-corrected chi connectivity index (χ3v) is 5.26. The first kappa shape index (κ1) is 17.5. The molecule has 0 radical (unpaired) electrons. The molecular weight excluding hydrogens is 328 g/mol. The second-order valence-corrected chi connectivity index (χ2v) is 8.26. The van der Waals surface area contributed by atoms with E-state index in [1.54, 1.807) is 0 Å². The molecule has 1 heterocycles. The van der Waals surface area contributed by atoms with Gasteiger partial charge in [-0.05, 0) is 33.2 Å². The predicted octanol–water partition coefficient (Wildman–Crippen LogP) is 6.09. The maximum Gasteiger partial charge on any atom is 0.0745 e. The number of benzene rings is 3. The van der Waals surface area contributed by atoms with Crippen LogP contribution in [0.4, 0.5) is 0 Å². The van der Waals surface area contributed by atoms with Gasteiger partial charge in [0.25, 0.3) is 0 Å². The predicted molar refractivity (Wildman–Crippen MR) is 114 cm³/mol. The molecule has 4 rings (SSSR count). The molecule has 2 nitrogen and oxygen atoms in total. The van der Waals surface area contributed by atoms with Gasteiger partial charge in [-0.1, -0.05) is 99.6 Å². The van der Waals surface area contributed by atoms with E-state index in [-0.39, 0.29) is 11.5 Å². The van der Waals surface area contributed by atoms with Crippen molar-refractivity contribution in [1.29, 1.82) is 0 Å². The summed E-state index contributed by atoms with van der Waals surface area (Å²) in [6.07, 6.45) is 0.916. The Kier molecular flexibility index (Phi) is 4.57. The van der Waals surface area contributed by atoms with Crippen LogP contribution in [0.3, 0.4) is 0 Å². The molecule has 1 N–H and O–H groups in total. The molecule has 0 saturated heterocycles. The monoisotopic (exact) mass is 354 g/mol. The van der Waals surface area contributed by atoms with E-state index in [9.17, 15) is 0 Å². The highest BCUT2D eigenvalue weighted by Gasteiger charge is 2.22. The maximum absolute atomic E-state index is 4.60. The molecule has 0 saturated carbocycles. The fourth-order valence-electron chi connectivity index (χ4n) is 3.52. The zero-order chi connectivity index (χ0) is 18.9. The largest absolute Gasteiger partial charge is 0.302 e. The van der Waals surface area contributed by atoms with E-state index in [1.807, 2.05) is 6.07 Å². The molecular formula is C25H26N2. The van der Waals surface area contributed by atoms with Crippen LogP contribution in [0.5, 0.6) is 0 Å². The maximum atomic E-state index is 4.60. The highest BCUT2D eigenvalue weighted by Crippen LogP contribution is 2.28. The molecule has 0 aliphatic carbocycles. The Balaban J connectivity index is 1.46. The van der Waals surface area contributed by atoms with Crippen LogP contribution in [0.2, 0.25) is 0 Å². The zero-order valence-electron chi connectivity index (χ0n) is 16.2. The molecule has 0 amide bonds. The van der Waals surface area contributed by atoms with Crippen molar-refractivity contribution in [3.63, 3.8) is 0 Å². The van der Waals surface area contributed by atoms with Crippen molar-refractivity contribution in [3.05, 3.63) is 95.6 Å². The quantitative estimate of drug-likeness (QED) is 0.605. The minimum atomic E-state index is 0.184. The van der Waals surface area contributed by atoms with E-state index in [0.29, 0.717) is 0 Å². The third-order valence-electron chi connectivity index (χ3n) is 5.26. The number of hydrogen-bond acceptors (Lipinski definition) is 2. The van der Waals surface area contributed by atoms with Gasteiger partial charge in [0, 0.05) is 6.42 Å².